The number of aromatic nitrogens is 2. The first-order valence-electron chi connectivity index (χ1n) is 4.72. The Labute approximate surface area is 87.0 Å². The average molecular weight is 208 g/mol. The smallest absolute Gasteiger partial charge is 0.341 e. The van der Waals surface area contributed by atoms with E-state index in [1.165, 1.54) is 13.3 Å². The van der Waals surface area contributed by atoms with Crippen LogP contribution in [0.15, 0.2) is 6.20 Å². The standard InChI is InChI=1S/C10H12N2O3/c1-12-8(10(6-13)3-4-10)7(5-11-12)9(14)15-2/h5-6H,3-4H2,1-2H3. The maximum atomic E-state index is 11.4. The van der Waals surface area contributed by atoms with Crippen molar-refractivity contribution in [2.75, 3.05) is 7.11 Å². The quantitative estimate of drug-likeness (QED) is 0.534. The van der Waals surface area contributed by atoms with Crippen molar-refractivity contribution >= 4 is 12.3 Å². The van der Waals surface area contributed by atoms with E-state index in [0.717, 1.165) is 19.1 Å². The molecule has 0 N–H and O–H groups in total. The van der Waals surface area contributed by atoms with E-state index in [1.54, 1.807) is 11.7 Å². The van der Waals surface area contributed by atoms with Crippen molar-refractivity contribution in [3.8, 4) is 0 Å². The maximum absolute atomic E-state index is 11.4. The Morgan fingerprint density at radius 3 is 2.80 bits per heavy atom. The summed E-state index contributed by atoms with van der Waals surface area (Å²) in [6, 6.07) is 0. The van der Waals surface area contributed by atoms with Gasteiger partial charge in [0.15, 0.2) is 0 Å². The molecule has 0 atom stereocenters. The predicted molar refractivity (Wildman–Crippen MR) is 51.5 cm³/mol. The van der Waals surface area contributed by atoms with Gasteiger partial charge in [-0.1, -0.05) is 0 Å². The Morgan fingerprint density at radius 2 is 2.33 bits per heavy atom. The first-order chi connectivity index (χ1) is 7.14. The number of ether oxygens (including phenoxy) is 1. The second kappa shape index (κ2) is 3.18. The summed E-state index contributed by atoms with van der Waals surface area (Å²) in [6.07, 6.45) is 3.90. The summed E-state index contributed by atoms with van der Waals surface area (Å²) < 4.78 is 6.23. The zero-order valence-electron chi connectivity index (χ0n) is 8.69. The molecule has 0 bridgehead atoms. The van der Waals surface area contributed by atoms with Gasteiger partial charge < -0.3 is 9.53 Å². The van der Waals surface area contributed by atoms with Crippen LogP contribution in [0.3, 0.4) is 0 Å². The highest BCUT2D eigenvalue weighted by Gasteiger charge is 2.49. The second-order valence-electron chi connectivity index (χ2n) is 3.80. The van der Waals surface area contributed by atoms with Gasteiger partial charge >= 0.3 is 5.97 Å². The molecular formula is C10H12N2O3. The molecule has 0 amide bonds. The maximum Gasteiger partial charge on any atom is 0.341 e. The number of hydrogen-bond donors (Lipinski definition) is 0. The fourth-order valence-corrected chi connectivity index (χ4v) is 1.83. The zero-order chi connectivity index (χ0) is 11.1. The normalized spacial score (nSPS) is 17.2. The summed E-state index contributed by atoms with van der Waals surface area (Å²) in [5, 5.41) is 4.00. The summed E-state index contributed by atoms with van der Waals surface area (Å²) in [5.74, 6) is -0.439. The van der Waals surface area contributed by atoms with Crippen LogP contribution >= 0.6 is 0 Å². The molecule has 0 spiro atoms. The van der Waals surface area contributed by atoms with Gasteiger partial charge in [0.1, 0.15) is 11.8 Å². The van der Waals surface area contributed by atoms with Gasteiger partial charge in [0, 0.05) is 7.05 Å². The van der Waals surface area contributed by atoms with Crippen molar-refractivity contribution in [2.45, 2.75) is 18.3 Å². The SMILES string of the molecule is COC(=O)c1cnn(C)c1C1(C=O)CC1. The highest BCUT2D eigenvalue weighted by molar-refractivity contribution is 5.93. The third-order valence-corrected chi connectivity index (χ3v) is 2.83. The van der Waals surface area contributed by atoms with Gasteiger partial charge in [-0.15, -0.1) is 0 Å². The third kappa shape index (κ3) is 1.35. The Kier molecular flexibility index (Phi) is 2.10. The van der Waals surface area contributed by atoms with Crippen LogP contribution in [0, 0.1) is 0 Å². The average Bonchev–Trinajstić information content (AvgIpc) is 2.95. The van der Waals surface area contributed by atoms with Crippen molar-refractivity contribution < 1.29 is 14.3 Å². The number of aldehydes is 1. The molecule has 2 rings (SSSR count). The number of esters is 1. The first kappa shape index (κ1) is 9.89. The zero-order valence-corrected chi connectivity index (χ0v) is 8.69. The van der Waals surface area contributed by atoms with Gasteiger partial charge in [-0.3, -0.25) is 4.68 Å². The molecule has 5 heteroatoms. The van der Waals surface area contributed by atoms with Crippen LogP contribution in [-0.4, -0.2) is 29.1 Å². The molecule has 15 heavy (non-hydrogen) atoms. The van der Waals surface area contributed by atoms with Crippen LogP contribution in [0.1, 0.15) is 28.9 Å². The molecule has 80 valence electrons. The Balaban J connectivity index is 2.50. The summed E-state index contributed by atoms with van der Waals surface area (Å²) in [4.78, 5) is 22.5. The first-order valence-corrected chi connectivity index (χ1v) is 4.72. The van der Waals surface area contributed by atoms with Crippen LogP contribution in [-0.2, 0) is 22.0 Å². The van der Waals surface area contributed by atoms with Crippen molar-refractivity contribution in [1.29, 1.82) is 0 Å². The third-order valence-electron chi connectivity index (χ3n) is 2.83. The van der Waals surface area contributed by atoms with Crippen molar-refractivity contribution in [3.05, 3.63) is 17.5 Å². The Hall–Kier alpha value is -1.65. The summed E-state index contributed by atoms with van der Waals surface area (Å²) in [6.45, 7) is 0. The number of carbonyl (C=O) groups is 2. The Bertz CT molecular complexity index is 418. The molecule has 1 fully saturated rings. The van der Waals surface area contributed by atoms with Crippen LogP contribution in [0.2, 0.25) is 0 Å². The molecule has 1 aliphatic rings. The molecule has 0 unspecified atom stereocenters. The van der Waals surface area contributed by atoms with Gasteiger partial charge in [0.05, 0.1) is 24.4 Å². The van der Waals surface area contributed by atoms with E-state index in [-0.39, 0.29) is 0 Å². The number of hydrogen-bond acceptors (Lipinski definition) is 4. The van der Waals surface area contributed by atoms with Crippen LogP contribution < -0.4 is 0 Å². The van der Waals surface area contributed by atoms with Crippen LogP contribution in [0.5, 0.6) is 0 Å². The summed E-state index contributed by atoms with van der Waals surface area (Å²) in [5.41, 5.74) is 0.559. The fraction of sp³-hybridized carbons (Fsp3) is 0.500. The predicted octanol–water partition coefficient (Wildman–Crippen LogP) is 0.437. The monoisotopic (exact) mass is 208 g/mol. The van der Waals surface area contributed by atoms with E-state index in [9.17, 15) is 9.59 Å². The Morgan fingerprint density at radius 1 is 1.67 bits per heavy atom. The fourth-order valence-electron chi connectivity index (χ4n) is 1.83. The number of aryl methyl sites for hydroxylation is 1. The van der Waals surface area contributed by atoms with E-state index in [4.69, 9.17) is 0 Å². The van der Waals surface area contributed by atoms with Crippen LogP contribution in [0.4, 0.5) is 0 Å². The topological polar surface area (TPSA) is 61.2 Å². The number of methoxy groups -OCH3 is 1. The lowest BCUT2D eigenvalue weighted by Gasteiger charge is -2.09. The lowest BCUT2D eigenvalue weighted by Crippen LogP contribution is -2.18. The molecule has 0 aliphatic heterocycles. The number of carbonyl (C=O) groups excluding carboxylic acids is 2. The van der Waals surface area contributed by atoms with E-state index in [0.29, 0.717) is 11.3 Å². The second-order valence-corrected chi connectivity index (χ2v) is 3.80. The minimum atomic E-state index is -0.505. The minimum Gasteiger partial charge on any atom is -0.465 e. The largest absolute Gasteiger partial charge is 0.465 e. The van der Waals surface area contributed by atoms with E-state index < -0.39 is 11.4 Å². The van der Waals surface area contributed by atoms with E-state index in [1.807, 2.05) is 0 Å². The van der Waals surface area contributed by atoms with Crippen molar-refractivity contribution in [3.63, 3.8) is 0 Å². The lowest BCUT2D eigenvalue weighted by atomic mass is 10.0. The van der Waals surface area contributed by atoms with Crippen molar-refractivity contribution in [2.24, 2.45) is 7.05 Å². The van der Waals surface area contributed by atoms with Gasteiger partial charge in [0.2, 0.25) is 0 Å². The highest BCUT2D eigenvalue weighted by Crippen LogP contribution is 2.47. The number of nitrogens with zero attached hydrogens (tertiary/aromatic N) is 2. The van der Waals surface area contributed by atoms with Gasteiger partial charge in [-0.2, -0.15) is 5.10 Å². The van der Waals surface area contributed by atoms with Gasteiger partial charge in [-0.05, 0) is 12.8 Å². The molecular weight excluding hydrogens is 196 g/mol. The van der Waals surface area contributed by atoms with Gasteiger partial charge in [-0.25, -0.2) is 4.79 Å². The minimum absolute atomic E-state index is 0.393. The molecule has 1 aromatic heterocycles. The highest BCUT2D eigenvalue weighted by atomic mass is 16.5. The molecule has 1 aliphatic carbocycles. The van der Waals surface area contributed by atoms with Crippen LogP contribution in [0.25, 0.3) is 0 Å². The summed E-state index contributed by atoms with van der Waals surface area (Å²) >= 11 is 0. The molecule has 1 heterocycles. The number of rotatable bonds is 3. The molecule has 1 aromatic rings. The molecule has 0 radical (unpaired) electrons. The van der Waals surface area contributed by atoms with E-state index in [2.05, 4.69) is 9.84 Å². The molecule has 5 nitrogen and oxygen atoms in total. The molecule has 0 aromatic carbocycles. The van der Waals surface area contributed by atoms with Crippen molar-refractivity contribution in [1.82, 2.24) is 9.78 Å². The molecule has 1 saturated carbocycles. The van der Waals surface area contributed by atoms with Gasteiger partial charge in [0.25, 0.3) is 0 Å². The summed E-state index contributed by atoms with van der Waals surface area (Å²) in [7, 11) is 3.05. The molecule has 0 saturated heterocycles. The van der Waals surface area contributed by atoms with E-state index >= 15 is 0 Å². The lowest BCUT2D eigenvalue weighted by molar-refractivity contribution is -0.110.